The Balaban J connectivity index is 1.96. The number of esters is 1. The summed E-state index contributed by atoms with van der Waals surface area (Å²) in [4.78, 5) is 13.6. The van der Waals surface area contributed by atoms with Gasteiger partial charge in [0, 0.05) is 12.6 Å². The highest BCUT2D eigenvalue weighted by Gasteiger charge is 2.30. The van der Waals surface area contributed by atoms with Crippen molar-refractivity contribution in [3.8, 4) is 0 Å². The monoisotopic (exact) mass is 247 g/mol. The molecule has 0 aliphatic heterocycles. The summed E-state index contributed by atoms with van der Waals surface area (Å²) in [5.41, 5.74) is 2.62. The van der Waals surface area contributed by atoms with Crippen molar-refractivity contribution in [2.45, 2.75) is 38.8 Å². The first-order chi connectivity index (χ1) is 8.72. The zero-order chi connectivity index (χ0) is 13.0. The highest BCUT2D eigenvalue weighted by Crippen LogP contribution is 2.28. The Morgan fingerprint density at radius 2 is 1.89 bits per heavy atom. The Labute approximate surface area is 109 Å². The van der Waals surface area contributed by atoms with Crippen LogP contribution in [0.1, 0.15) is 30.9 Å². The summed E-state index contributed by atoms with van der Waals surface area (Å²) in [6.07, 6.45) is 3.46. The van der Waals surface area contributed by atoms with Crippen LogP contribution in [0.25, 0.3) is 0 Å². The quantitative estimate of drug-likeness (QED) is 0.723. The molecule has 1 aliphatic carbocycles. The minimum Gasteiger partial charge on any atom is -0.468 e. The fourth-order valence-electron chi connectivity index (χ4n) is 2.10. The van der Waals surface area contributed by atoms with Crippen LogP contribution in [0.3, 0.4) is 0 Å². The van der Waals surface area contributed by atoms with E-state index in [2.05, 4.69) is 36.1 Å². The highest BCUT2D eigenvalue weighted by atomic mass is 16.5. The van der Waals surface area contributed by atoms with Gasteiger partial charge >= 0.3 is 5.97 Å². The van der Waals surface area contributed by atoms with Crippen LogP contribution in [0.4, 0.5) is 0 Å². The van der Waals surface area contributed by atoms with Gasteiger partial charge in [0.05, 0.1) is 13.7 Å². The number of hydrogen-bond donors (Lipinski definition) is 0. The van der Waals surface area contributed by atoms with Crippen LogP contribution in [-0.2, 0) is 22.5 Å². The Kier molecular flexibility index (Phi) is 4.37. The number of nitrogens with zero attached hydrogens (tertiary/aromatic N) is 1. The Morgan fingerprint density at radius 3 is 2.39 bits per heavy atom. The van der Waals surface area contributed by atoms with Gasteiger partial charge in [-0.05, 0) is 30.4 Å². The maximum absolute atomic E-state index is 11.4. The summed E-state index contributed by atoms with van der Waals surface area (Å²) < 4.78 is 4.75. The van der Waals surface area contributed by atoms with Gasteiger partial charge in [0.25, 0.3) is 0 Å². The molecular weight excluding hydrogens is 226 g/mol. The van der Waals surface area contributed by atoms with E-state index in [-0.39, 0.29) is 5.97 Å². The molecule has 0 spiro atoms. The van der Waals surface area contributed by atoms with Crippen LogP contribution in [0.2, 0.25) is 0 Å². The summed E-state index contributed by atoms with van der Waals surface area (Å²) in [6, 6.07) is 9.21. The molecule has 1 aliphatic rings. The van der Waals surface area contributed by atoms with Crippen molar-refractivity contribution in [1.29, 1.82) is 0 Å². The smallest absolute Gasteiger partial charge is 0.319 e. The standard InChI is InChI=1S/C15H21NO2/c1-3-12-4-6-13(7-5-12)10-16(14-8-9-14)11-15(17)18-2/h4-7,14H,3,8-11H2,1-2H3. The van der Waals surface area contributed by atoms with Gasteiger partial charge in [0.15, 0.2) is 0 Å². The number of carbonyl (C=O) groups excluding carboxylic acids is 1. The molecule has 0 unspecified atom stereocenters. The Morgan fingerprint density at radius 1 is 1.28 bits per heavy atom. The molecule has 2 rings (SSSR count). The molecule has 0 bridgehead atoms. The second kappa shape index (κ2) is 6.01. The molecule has 1 aromatic rings. The van der Waals surface area contributed by atoms with Crippen LogP contribution in [-0.4, -0.2) is 30.6 Å². The molecule has 1 fully saturated rings. The third-order valence-electron chi connectivity index (χ3n) is 3.44. The largest absolute Gasteiger partial charge is 0.468 e. The number of carbonyl (C=O) groups is 1. The van der Waals surface area contributed by atoms with E-state index in [0.717, 1.165) is 13.0 Å². The summed E-state index contributed by atoms with van der Waals surface area (Å²) in [6.45, 7) is 3.39. The second-order valence-corrected chi connectivity index (χ2v) is 4.88. The average molecular weight is 247 g/mol. The number of benzene rings is 1. The Bertz CT molecular complexity index is 395. The van der Waals surface area contributed by atoms with E-state index in [1.807, 2.05) is 0 Å². The maximum Gasteiger partial charge on any atom is 0.319 e. The van der Waals surface area contributed by atoms with Crippen LogP contribution in [0.5, 0.6) is 0 Å². The second-order valence-electron chi connectivity index (χ2n) is 4.88. The summed E-state index contributed by atoms with van der Waals surface area (Å²) in [7, 11) is 1.45. The Hall–Kier alpha value is -1.35. The van der Waals surface area contributed by atoms with E-state index < -0.39 is 0 Å². The molecule has 0 N–H and O–H groups in total. The van der Waals surface area contributed by atoms with E-state index in [1.54, 1.807) is 0 Å². The zero-order valence-corrected chi connectivity index (χ0v) is 11.2. The van der Waals surface area contributed by atoms with Gasteiger partial charge in [-0.1, -0.05) is 31.2 Å². The van der Waals surface area contributed by atoms with Crippen molar-refractivity contribution in [3.63, 3.8) is 0 Å². The topological polar surface area (TPSA) is 29.5 Å². The van der Waals surface area contributed by atoms with Crippen LogP contribution in [0.15, 0.2) is 24.3 Å². The molecule has 0 amide bonds. The number of hydrogen-bond acceptors (Lipinski definition) is 3. The number of ether oxygens (including phenoxy) is 1. The lowest BCUT2D eigenvalue weighted by atomic mass is 10.1. The lowest BCUT2D eigenvalue weighted by Crippen LogP contribution is -2.32. The summed E-state index contributed by atoms with van der Waals surface area (Å²) >= 11 is 0. The first-order valence-electron chi connectivity index (χ1n) is 6.61. The molecule has 98 valence electrons. The molecule has 0 heterocycles. The highest BCUT2D eigenvalue weighted by molar-refractivity contribution is 5.71. The summed E-state index contributed by atoms with van der Waals surface area (Å²) in [5.74, 6) is -0.146. The number of rotatable bonds is 6. The van der Waals surface area contributed by atoms with Crippen molar-refractivity contribution >= 4 is 5.97 Å². The van der Waals surface area contributed by atoms with Crippen molar-refractivity contribution in [1.82, 2.24) is 4.90 Å². The molecule has 0 radical (unpaired) electrons. The van der Waals surface area contributed by atoms with Gasteiger partial charge in [0.2, 0.25) is 0 Å². The molecule has 0 atom stereocenters. The van der Waals surface area contributed by atoms with E-state index in [0.29, 0.717) is 12.6 Å². The first kappa shape index (κ1) is 13.1. The van der Waals surface area contributed by atoms with E-state index in [4.69, 9.17) is 4.74 Å². The average Bonchev–Trinajstić information content (AvgIpc) is 3.23. The normalized spacial score (nSPS) is 14.8. The van der Waals surface area contributed by atoms with Gasteiger partial charge in [-0.25, -0.2) is 0 Å². The van der Waals surface area contributed by atoms with Crippen molar-refractivity contribution in [3.05, 3.63) is 35.4 Å². The van der Waals surface area contributed by atoms with Gasteiger partial charge in [-0.3, -0.25) is 9.69 Å². The molecule has 18 heavy (non-hydrogen) atoms. The van der Waals surface area contributed by atoms with E-state index in [9.17, 15) is 4.79 Å². The minimum atomic E-state index is -0.146. The zero-order valence-electron chi connectivity index (χ0n) is 11.2. The van der Waals surface area contributed by atoms with Crippen molar-refractivity contribution < 1.29 is 9.53 Å². The minimum absolute atomic E-state index is 0.146. The van der Waals surface area contributed by atoms with Crippen LogP contribution in [0, 0.1) is 0 Å². The van der Waals surface area contributed by atoms with Crippen LogP contribution < -0.4 is 0 Å². The predicted molar refractivity (Wildman–Crippen MR) is 71.3 cm³/mol. The molecular formula is C15H21NO2. The van der Waals surface area contributed by atoms with Gasteiger partial charge in [-0.15, -0.1) is 0 Å². The lowest BCUT2D eigenvalue weighted by molar-refractivity contribution is -0.142. The summed E-state index contributed by atoms with van der Waals surface area (Å²) in [5, 5.41) is 0. The molecule has 1 aromatic carbocycles. The van der Waals surface area contributed by atoms with Gasteiger partial charge < -0.3 is 4.74 Å². The van der Waals surface area contributed by atoms with Crippen molar-refractivity contribution in [2.75, 3.05) is 13.7 Å². The molecule has 0 aromatic heterocycles. The molecule has 1 saturated carbocycles. The predicted octanol–water partition coefficient (Wildman–Crippen LogP) is 2.39. The third kappa shape index (κ3) is 3.57. The third-order valence-corrected chi connectivity index (χ3v) is 3.44. The maximum atomic E-state index is 11.4. The first-order valence-corrected chi connectivity index (χ1v) is 6.61. The lowest BCUT2D eigenvalue weighted by Gasteiger charge is -2.20. The van der Waals surface area contributed by atoms with Gasteiger partial charge in [-0.2, -0.15) is 0 Å². The van der Waals surface area contributed by atoms with Crippen LogP contribution >= 0.6 is 0 Å². The number of methoxy groups -OCH3 is 1. The fourth-order valence-corrected chi connectivity index (χ4v) is 2.10. The SMILES string of the molecule is CCc1ccc(CN(CC(=O)OC)C2CC2)cc1. The fraction of sp³-hybridized carbons (Fsp3) is 0.533. The molecule has 3 heteroatoms. The molecule has 0 saturated heterocycles. The van der Waals surface area contributed by atoms with Crippen molar-refractivity contribution in [2.24, 2.45) is 0 Å². The number of aryl methyl sites for hydroxylation is 1. The van der Waals surface area contributed by atoms with E-state index >= 15 is 0 Å². The van der Waals surface area contributed by atoms with E-state index in [1.165, 1.54) is 31.1 Å². The molecule has 3 nitrogen and oxygen atoms in total. The van der Waals surface area contributed by atoms with Gasteiger partial charge in [0.1, 0.15) is 0 Å².